The molecule has 0 spiro atoms. The molecule has 7 nitrogen and oxygen atoms in total. The molecule has 1 heterocycles. The average Bonchev–Trinajstić information content (AvgIpc) is 3.61. The Morgan fingerprint density at radius 1 is 1.13 bits per heavy atom. The molecule has 2 saturated carbocycles. The van der Waals surface area contributed by atoms with Crippen LogP contribution in [0.2, 0.25) is 0 Å². The zero-order valence-corrected chi connectivity index (χ0v) is 21.5. The lowest BCUT2D eigenvalue weighted by molar-refractivity contribution is -0.0333. The number of rotatable bonds is 11. The van der Waals surface area contributed by atoms with E-state index in [1.165, 1.54) is 44.9 Å². The quantitative estimate of drug-likeness (QED) is 0.240. The first kappa shape index (κ1) is 26.1. The Balaban J connectivity index is 0.00000320. The molecule has 3 fully saturated rings. The highest BCUT2D eigenvalue weighted by Crippen LogP contribution is 2.34. The van der Waals surface area contributed by atoms with Crippen molar-refractivity contribution >= 4 is 29.9 Å². The normalized spacial score (nSPS) is 22.6. The largest absolute Gasteiger partial charge is 0.383 e. The fourth-order valence-corrected chi connectivity index (χ4v) is 4.83. The molecule has 0 bridgehead atoms. The molecule has 0 aromatic heterocycles. The van der Waals surface area contributed by atoms with E-state index in [0.29, 0.717) is 0 Å². The molecular formula is C22H44IN5O2. The van der Waals surface area contributed by atoms with Crippen molar-refractivity contribution in [2.75, 3.05) is 72.7 Å². The number of methoxy groups -OCH3 is 1. The number of guanidine groups is 1. The van der Waals surface area contributed by atoms with Gasteiger partial charge in [0, 0.05) is 58.0 Å². The summed E-state index contributed by atoms with van der Waals surface area (Å²) in [7, 11) is 1.79. The maximum Gasteiger partial charge on any atom is 0.191 e. The lowest BCUT2D eigenvalue weighted by Crippen LogP contribution is -2.56. The Hall–Kier alpha value is -0.160. The molecule has 2 aliphatic carbocycles. The zero-order valence-electron chi connectivity index (χ0n) is 19.2. The summed E-state index contributed by atoms with van der Waals surface area (Å²) in [4.78, 5) is 10.3. The molecule has 30 heavy (non-hydrogen) atoms. The van der Waals surface area contributed by atoms with Gasteiger partial charge in [-0.3, -0.25) is 14.8 Å². The van der Waals surface area contributed by atoms with Crippen molar-refractivity contribution in [2.24, 2.45) is 4.99 Å². The molecule has 8 heteroatoms. The van der Waals surface area contributed by atoms with Crippen molar-refractivity contribution in [1.82, 2.24) is 20.4 Å². The Bertz CT molecular complexity index is 492. The molecule has 0 aromatic rings. The van der Waals surface area contributed by atoms with E-state index in [2.05, 4.69) is 27.4 Å². The molecule has 0 atom stereocenters. The van der Waals surface area contributed by atoms with Gasteiger partial charge in [0.25, 0.3) is 0 Å². The van der Waals surface area contributed by atoms with Crippen LogP contribution in [0.25, 0.3) is 0 Å². The highest BCUT2D eigenvalue weighted by Gasteiger charge is 2.38. The van der Waals surface area contributed by atoms with Crippen molar-refractivity contribution in [3.05, 3.63) is 0 Å². The van der Waals surface area contributed by atoms with Crippen molar-refractivity contribution in [3.8, 4) is 0 Å². The molecule has 3 rings (SSSR count). The second-order valence-corrected chi connectivity index (χ2v) is 8.77. The maximum absolute atomic E-state index is 5.61. The van der Waals surface area contributed by atoms with Gasteiger partial charge in [0.2, 0.25) is 0 Å². The molecular weight excluding hydrogens is 493 g/mol. The van der Waals surface area contributed by atoms with E-state index in [0.717, 1.165) is 77.6 Å². The summed E-state index contributed by atoms with van der Waals surface area (Å²) in [5, 5.41) is 7.04. The van der Waals surface area contributed by atoms with Gasteiger partial charge in [-0.2, -0.15) is 0 Å². The van der Waals surface area contributed by atoms with Crippen molar-refractivity contribution in [2.45, 2.75) is 63.5 Å². The Labute approximate surface area is 200 Å². The van der Waals surface area contributed by atoms with Crippen LogP contribution in [0, 0.1) is 0 Å². The predicted molar refractivity (Wildman–Crippen MR) is 134 cm³/mol. The minimum absolute atomic E-state index is 0. The standard InChI is InChI=1S/C22H43N5O2.HI/c1-3-23-21(24-11-12-26(13-16-28-2)20-7-8-20)25-19-22(9-5-4-6-10-22)27-14-17-29-18-15-27;/h20H,3-19H2,1-2H3,(H2,23,24,25);1H. The van der Waals surface area contributed by atoms with Gasteiger partial charge in [0.05, 0.1) is 26.4 Å². The number of nitrogens with one attached hydrogen (secondary N) is 2. The van der Waals surface area contributed by atoms with Crippen LogP contribution in [-0.2, 0) is 9.47 Å². The van der Waals surface area contributed by atoms with Gasteiger partial charge >= 0.3 is 0 Å². The second-order valence-electron chi connectivity index (χ2n) is 8.77. The second kappa shape index (κ2) is 14.1. The Kier molecular flexibility index (Phi) is 12.2. The van der Waals surface area contributed by atoms with E-state index in [-0.39, 0.29) is 29.5 Å². The number of nitrogens with zero attached hydrogens (tertiary/aromatic N) is 3. The summed E-state index contributed by atoms with van der Waals surface area (Å²) >= 11 is 0. The number of aliphatic imine (C=N–C) groups is 1. The highest BCUT2D eigenvalue weighted by atomic mass is 127. The topological polar surface area (TPSA) is 61.4 Å². The first-order valence-corrected chi connectivity index (χ1v) is 11.9. The molecule has 1 aliphatic heterocycles. The SMILES string of the molecule is CCNC(=NCC1(N2CCOCC2)CCCCC1)NCCN(CCOC)C1CC1.I. The van der Waals surface area contributed by atoms with E-state index in [1.54, 1.807) is 7.11 Å². The predicted octanol–water partition coefficient (Wildman–Crippen LogP) is 2.31. The van der Waals surface area contributed by atoms with Crippen molar-refractivity contribution in [1.29, 1.82) is 0 Å². The van der Waals surface area contributed by atoms with Gasteiger partial charge in [-0.1, -0.05) is 19.3 Å². The summed E-state index contributed by atoms with van der Waals surface area (Å²) in [5.74, 6) is 0.966. The van der Waals surface area contributed by atoms with E-state index in [1.807, 2.05) is 0 Å². The van der Waals surface area contributed by atoms with Crippen LogP contribution in [-0.4, -0.2) is 100 Å². The van der Waals surface area contributed by atoms with E-state index < -0.39 is 0 Å². The molecule has 0 aromatic carbocycles. The van der Waals surface area contributed by atoms with Gasteiger partial charge in [-0.25, -0.2) is 0 Å². The van der Waals surface area contributed by atoms with Gasteiger partial charge < -0.3 is 20.1 Å². The molecule has 0 amide bonds. The summed E-state index contributed by atoms with van der Waals surface area (Å²) in [5.41, 5.74) is 0.225. The summed E-state index contributed by atoms with van der Waals surface area (Å²) in [6.07, 6.45) is 9.22. The minimum Gasteiger partial charge on any atom is -0.383 e. The summed E-state index contributed by atoms with van der Waals surface area (Å²) in [6, 6.07) is 0.762. The van der Waals surface area contributed by atoms with Crippen LogP contribution in [0.15, 0.2) is 4.99 Å². The van der Waals surface area contributed by atoms with Crippen LogP contribution < -0.4 is 10.6 Å². The summed E-state index contributed by atoms with van der Waals surface area (Å²) < 4.78 is 10.9. The molecule has 2 N–H and O–H groups in total. The number of hydrogen-bond donors (Lipinski definition) is 2. The maximum atomic E-state index is 5.61. The van der Waals surface area contributed by atoms with Gasteiger partial charge in [0.1, 0.15) is 0 Å². The number of hydrogen-bond acceptors (Lipinski definition) is 5. The van der Waals surface area contributed by atoms with Crippen LogP contribution >= 0.6 is 24.0 Å². The smallest absolute Gasteiger partial charge is 0.191 e. The number of morpholine rings is 1. The summed E-state index contributed by atoms with van der Waals surface area (Å²) in [6.45, 7) is 11.6. The number of ether oxygens (including phenoxy) is 2. The van der Waals surface area contributed by atoms with E-state index in [4.69, 9.17) is 14.5 Å². The molecule has 1 saturated heterocycles. The lowest BCUT2D eigenvalue weighted by atomic mass is 9.80. The average molecular weight is 538 g/mol. The van der Waals surface area contributed by atoms with Gasteiger partial charge in [-0.15, -0.1) is 24.0 Å². The van der Waals surface area contributed by atoms with E-state index >= 15 is 0 Å². The third-order valence-electron chi connectivity index (χ3n) is 6.68. The molecule has 176 valence electrons. The van der Waals surface area contributed by atoms with Gasteiger partial charge in [-0.05, 0) is 32.6 Å². The van der Waals surface area contributed by atoms with Crippen molar-refractivity contribution < 1.29 is 9.47 Å². The van der Waals surface area contributed by atoms with Gasteiger partial charge in [0.15, 0.2) is 5.96 Å². The van der Waals surface area contributed by atoms with E-state index in [9.17, 15) is 0 Å². The Morgan fingerprint density at radius 3 is 2.50 bits per heavy atom. The first-order valence-electron chi connectivity index (χ1n) is 11.9. The zero-order chi connectivity index (χ0) is 20.4. The molecule has 0 radical (unpaired) electrons. The van der Waals surface area contributed by atoms with Crippen molar-refractivity contribution in [3.63, 3.8) is 0 Å². The van der Waals surface area contributed by atoms with Crippen LogP contribution in [0.3, 0.4) is 0 Å². The van der Waals surface area contributed by atoms with Crippen LogP contribution in [0.4, 0.5) is 0 Å². The Morgan fingerprint density at radius 2 is 1.87 bits per heavy atom. The third kappa shape index (κ3) is 8.07. The third-order valence-corrected chi connectivity index (χ3v) is 6.68. The molecule has 0 unspecified atom stereocenters. The number of halogens is 1. The lowest BCUT2D eigenvalue weighted by Gasteiger charge is -2.47. The first-order chi connectivity index (χ1) is 14.3. The highest BCUT2D eigenvalue weighted by molar-refractivity contribution is 14.0. The monoisotopic (exact) mass is 537 g/mol. The van der Waals surface area contributed by atoms with Crippen LogP contribution in [0.1, 0.15) is 51.9 Å². The fraction of sp³-hybridized carbons (Fsp3) is 0.955. The van der Waals surface area contributed by atoms with Crippen LogP contribution in [0.5, 0.6) is 0 Å². The minimum atomic E-state index is 0. The molecule has 3 aliphatic rings. The fourth-order valence-electron chi connectivity index (χ4n) is 4.83.